The van der Waals surface area contributed by atoms with Gasteiger partial charge in [-0.15, -0.1) is 0 Å². The molecule has 1 heterocycles. The molecule has 0 aliphatic carbocycles. The van der Waals surface area contributed by atoms with E-state index in [1.54, 1.807) is 0 Å². The fourth-order valence-corrected chi connectivity index (χ4v) is 1.41. The van der Waals surface area contributed by atoms with Crippen LogP contribution in [0.2, 0.25) is 0 Å². The van der Waals surface area contributed by atoms with Gasteiger partial charge in [0, 0.05) is 13.1 Å². The molecule has 1 aliphatic heterocycles. The van der Waals surface area contributed by atoms with Crippen LogP contribution in [0.4, 0.5) is 4.79 Å². The van der Waals surface area contributed by atoms with Gasteiger partial charge in [-0.3, -0.25) is 10.1 Å². The molecule has 0 aromatic heterocycles. The molecular weight excluding hydrogens is 218 g/mol. The lowest BCUT2D eigenvalue weighted by atomic mass is 9.97. The summed E-state index contributed by atoms with van der Waals surface area (Å²) in [6.07, 6.45) is 0. The molecule has 90 valence electrons. The standard InChI is InChI=1S/C8H13N3O5/c12-2-1-9-3-4-5(7(14)15)10-8(16)11-6(4)13/h4-5,9,12H,1-3H2,(H,14,15)(H2,10,11,13,16). The van der Waals surface area contributed by atoms with Gasteiger partial charge in [-0.2, -0.15) is 0 Å². The van der Waals surface area contributed by atoms with Crippen LogP contribution >= 0.6 is 0 Å². The van der Waals surface area contributed by atoms with E-state index in [2.05, 4.69) is 10.6 Å². The maximum absolute atomic E-state index is 11.4. The summed E-state index contributed by atoms with van der Waals surface area (Å²) in [5.74, 6) is -2.79. The first-order chi connectivity index (χ1) is 7.56. The third kappa shape index (κ3) is 2.91. The van der Waals surface area contributed by atoms with Gasteiger partial charge in [0.15, 0.2) is 0 Å². The first-order valence-corrected chi connectivity index (χ1v) is 4.72. The van der Waals surface area contributed by atoms with Gasteiger partial charge in [-0.1, -0.05) is 0 Å². The predicted molar refractivity (Wildman–Crippen MR) is 51.5 cm³/mol. The zero-order valence-electron chi connectivity index (χ0n) is 8.40. The zero-order chi connectivity index (χ0) is 12.1. The fourth-order valence-electron chi connectivity index (χ4n) is 1.41. The minimum Gasteiger partial charge on any atom is -0.480 e. The Morgan fingerprint density at radius 3 is 2.69 bits per heavy atom. The second-order valence-corrected chi connectivity index (χ2v) is 3.31. The van der Waals surface area contributed by atoms with Crippen LogP contribution < -0.4 is 16.0 Å². The average Bonchev–Trinajstić information content (AvgIpc) is 2.20. The van der Waals surface area contributed by atoms with Crippen molar-refractivity contribution in [3.05, 3.63) is 0 Å². The SMILES string of the molecule is O=C1NC(=O)C(CNCCO)C(C(=O)O)N1. The van der Waals surface area contributed by atoms with Crippen molar-refractivity contribution in [1.29, 1.82) is 0 Å². The van der Waals surface area contributed by atoms with Crippen LogP contribution in [0.1, 0.15) is 0 Å². The molecule has 2 unspecified atom stereocenters. The molecule has 0 radical (unpaired) electrons. The Bertz CT molecular complexity index is 306. The number of carboxylic acids is 1. The number of hydrogen-bond donors (Lipinski definition) is 5. The van der Waals surface area contributed by atoms with Gasteiger partial charge in [0.1, 0.15) is 6.04 Å². The van der Waals surface area contributed by atoms with E-state index in [9.17, 15) is 14.4 Å². The van der Waals surface area contributed by atoms with Crippen LogP contribution in [-0.2, 0) is 9.59 Å². The van der Waals surface area contributed by atoms with E-state index in [1.807, 2.05) is 5.32 Å². The number of carbonyl (C=O) groups excluding carboxylic acids is 2. The Hall–Kier alpha value is -1.67. The second kappa shape index (κ2) is 5.42. The smallest absolute Gasteiger partial charge is 0.327 e. The summed E-state index contributed by atoms with van der Waals surface area (Å²) in [6.45, 7) is 0.214. The molecule has 0 aromatic carbocycles. The molecule has 0 spiro atoms. The highest BCUT2D eigenvalue weighted by atomic mass is 16.4. The predicted octanol–water partition coefficient (Wildman–Crippen LogP) is -2.52. The summed E-state index contributed by atoms with van der Waals surface area (Å²) < 4.78 is 0. The molecule has 1 saturated heterocycles. The van der Waals surface area contributed by atoms with E-state index in [-0.39, 0.29) is 19.7 Å². The first-order valence-electron chi connectivity index (χ1n) is 4.72. The largest absolute Gasteiger partial charge is 0.480 e. The Kier molecular flexibility index (Phi) is 4.20. The van der Waals surface area contributed by atoms with E-state index >= 15 is 0 Å². The quantitative estimate of drug-likeness (QED) is 0.332. The van der Waals surface area contributed by atoms with Gasteiger partial charge in [0.05, 0.1) is 12.5 Å². The van der Waals surface area contributed by atoms with Gasteiger partial charge >= 0.3 is 12.0 Å². The topological polar surface area (TPSA) is 128 Å². The summed E-state index contributed by atoms with van der Waals surface area (Å²) in [7, 11) is 0. The summed E-state index contributed by atoms with van der Waals surface area (Å²) in [5.41, 5.74) is 0. The maximum Gasteiger partial charge on any atom is 0.327 e. The average molecular weight is 231 g/mol. The lowest BCUT2D eigenvalue weighted by Gasteiger charge is -2.28. The van der Waals surface area contributed by atoms with Crippen molar-refractivity contribution >= 4 is 17.9 Å². The lowest BCUT2D eigenvalue weighted by Crippen LogP contribution is -2.63. The second-order valence-electron chi connectivity index (χ2n) is 3.31. The van der Waals surface area contributed by atoms with Crippen LogP contribution in [0, 0.1) is 5.92 Å². The molecule has 8 heteroatoms. The Labute approximate surface area is 91.0 Å². The minimum absolute atomic E-state index is 0.0731. The molecule has 0 saturated carbocycles. The monoisotopic (exact) mass is 231 g/mol. The van der Waals surface area contributed by atoms with Crippen molar-refractivity contribution < 1.29 is 24.6 Å². The summed E-state index contributed by atoms with van der Waals surface area (Å²) in [5, 5.41) is 24.2. The highest BCUT2D eigenvalue weighted by Crippen LogP contribution is 2.08. The number of aliphatic hydroxyl groups excluding tert-OH is 1. The number of carbonyl (C=O) groups is 3. The maximum atomic E-state index is 11.4. The third-order valence-corrected chi connectivity index (χ3v) is 2.18. The molecule has 1 rings (SSSR count). The molecule has 5 N–H and O–H groups in total. The summed E-state index contributed by atoms with van der Waals surface area (Å²) in [4.78, 5) is 33.1. The molecule has 0 bridgehead atoms. The van der Waals surface area contributed by atoms with Crippen molar-refractivity contribution in [1.82, 2.24) is 16.0 Å². The van der Waals surface area contributed by atoms with Crippen LogP contribution in [0.15, 0.2) is 0 Å². The molecule has 0 aromatic rings. The van der Waals surface area contributed by atoms with Crippen molar-refractivity contribution in [2.45, 2.75) is 6.04 Å². The molecular formula is C8H13N3O5. The highest BCUT2D eigenvalue weighted by Gasteiger charge is 2.39. The molecule has 3 amide bonds. The zero-order valence-corrected chi connectivity index (χ0v) is 8.40. The van der Waals surface area contributed by atoms with Crippen molar-refractivity contribution in [2.24, 2.45) is 5.92 Å². The number of urea groups is 1. The highest BCUT2D eigenvalue weighted by molar-refractivity contribution is 6.02. The third-order valence-electron chi connectivity index (χ3n) is 2.18. The van der Waals surface area contributed by atoms with Gasteiger partial charge < -0.3 is 20.8 Å². The van der Waals surface area contributed by atoms with Crippen LogP contribution in [0.5, 0.6) is 0 Å². The number of amides is 3. The van der Waals surface area contributed by atoms with Crippen LogP contribution in [0.25, 0.3) is 0 Å². The summed E-state index contributed by atoms with van der Waals surface area (Å²) in [6, 6.07) is -2.05. The Balaban J connectivity index is 2.64. The lowest BCUT2D eigenvalue weighted by molar-refractivity contribution is -0.144. The summed E-state index contributed by atoms with van der Waals surface area (Å²) >= 11 is 0. The van der Waals surface area contributed by atoms with Gasteiger partial charge in [0.2, 0.25) is 5.91 Å². The molecule has 1 fully saturated rings. The van der Waals surface area contributed by atoms with Crippen molar-refractivity contribution in [2.75, 3.05) is 19.7 Å². The van der Waals surface area contributed by atoms with Crippen LogP contribution in [0.3, 0.4) is 0 Å². The number of hydrogen-bond acceptors (Lipinski definition) is 5. The van der Waals surface area contributed by atoms with E-state index in [0.29, 0.717) is 0 Å². The van der Waals surface area contributed by atoms with Crippen molar-refractivity contribution in [3.63, 3.8) is 0 Å². The number of imide groups is 1. The number of carboxylic acid groups (broad SMARTS) is 1. The van der Waals surface area contributed by atoms with E-state index < -0.39 is 29.9 Å². The fraction of sp³-hybridized carbons (Fsp3) is 0.625. The number of aliphatic carboxylic acids is 1. The molecule has 8 nitrogen and oxygen atoms in total. The minimum atomic E-state index is -1.26. The first kappa shape index (κ1) is 12.4. The van der Waals surface area contributed by atoms with E-state index in [1.165, 1.54) is 0 Å². The van der Waals surface area contributed by atoms with E-state index in [0.717, 1.165) is 0 Å². The Morgan fingerprint density at radius 1 is 1.44 bits per heavy atom. The van der Waals surface area contributed by atoms with E-state index in [4.69, 9.17) is 10.2 Å². The number of nitrogens with one attached hydrogen (secondary N) is 3. The van der Waals surface area contributed by atoms with Gasteiger partial charge in [0.25, 0.3) is 0 Å². The number of rotatable bonds is 5. The Morgan fingerprint density at radius 2 is 2.12 bits per heavy atom. The molecule has 1 aliphatic rings. The van der Waals surface area contributed by atoms with Gasteiger partial charge in [-0.05, 0) is 0 Å². The van der Waals surface area contributed by atoms with Gasteiger partial charge in [-0.25, -0.2) is 9.59 Å². The normalized spacial score (nSPS) is 24.8. The number of aliphatic hydroxyl groups is 1. The van der Waals surface area contributed by atoms with Crippen LogP contribution in [-0.4, -0.2) is 53.9 Å². The van der Waals surface area contributed by atoms with Crippen molar-refractivity contribution in [3.8, 4) is 0 Å². The molecule has 2 atom stereocenters. The molecule has 16 heavy (non-hydrogen) atoms.